The number of nitrogens with one attached hydrogen (secondary N) is 1. The lowest BCUT2D eigenvalue weighted by Crippen LogP contribution is -2.47. The molecular weight excluding hydrogens is 388 g/mol. The molecular formula is C18H19ClN4O3S. The lowest BCUT2D eigenvalue weighted by molar-refractivity contribution is -0.0401. The molecule has 0 radical (unpaired) electrons. The average Bonchev–Trinajstić information content (AvgIpc) is 2.66. The zero-order valence-electron chi connectivity index (χ0n) is 14.4. The predicted molar refractivity (Wildman–Crippen MR) is 107 cm³/mol. The van der Waals surface area contributed by atoms with Crippen molar-refractivity contribution >= 4 is 40.5 Å². The molecule has 1 aromatic heterocycles. The molecule has 3 N–H and O–H groups in total. The van der Waals surface area contributed by atoms with Crippen LogP contribution < -0.4 is 15.8 Å². The number of morpholine rings is 1. The second-order valence-electron chi connectivity index (χ2n) is 5.96. The normalized spacial score (nSPS) is 16.6. The molecule has 3 rings (SSSR count). The largest absolute Gasteiger partial charge is 0.489 e. The summed E-state index contributed by atoms with van der Waals surface area (Å²) in [4.78, 5) is 18.5. The van der Waals surface area contributed by atoms with E-state index < -0.39 is 0 Å². The highest BCUT2D eigenvalue weighted by molar-refractivity contribution is 7.80. The highest BCUT2D eigenvalue weighted by atomic mass is 35.5. The van der Waals surface area contributed by atoms with Gasteiger partial charge in [-0.15, -0.1) is 0 Å². The minimum atomic E-state index is -0.225. The van der Waals surface area contributed by atoms with Gasteiger partial charge in [0.25, 0.3) is 5.91 Å². The van der Waals surface area contributed by atoms with E-state index >= 15 is 0 Å². The fourth-order valence-electron chi connectivity index (χ4n) is 2.69. The predicted octanol–water partition coefficient (Wildman–Crippen LogP) is 2.31. The van der Waals surface area contributed by atoms with Crippen molar-refractivity contribution in [1.29, 1.82) is 0 Å². The van der Waals surface area contributed by atoms with Crippen LogP contribution in [0.3, 0.4) is 0 Å². The molecule has 9 heteroatoms. The fraction of sp³-hybridized carbons (Fsp3) is 0.278. The third-order valence-corrected chi connectivity index (χ3v) is 4.25. The minimum Gasteiger partial charge on any atom is -0.489 e. The van der Waals surface area contributed by atoms with Crippen LogP contribution in [0.1, 0.15) is 10.4 Å². The number of halogens is 1. The molecule has 1 aromatic carbocycles. The molecule has 1 aliphatic heterocycles. The van der Waals surface area contributed by atoms with Gasteiger partial charge in [-0.3, -0.25) is 9.78 Å². The van der Waals surface area contributed by atoms with E-state index in [0.717, 1.165) is 5.69 Å². The summed E-state index contributed by atoms with van der Waals surface area (Å²) < 4.78 is 11.4. The number of hydrogen-bond donors (Lipinski definition) is 2. The second kappa shape index (κ2) is 8.98. The van der Waals surface area contributed by atoms with Crippen molar-refractivity contribution in [2.75, 3.05) is 31.6 Å². The van der Waals surface area contributed by atoms with Crippen LogP contribution in [0.2, 0.25) is 5.02 Å². The zero-order chi connectivity index (χ0) is 19.2. The van der Waals surface area contributed by atoms with E-state index in [9.17, 15) is 4.79 Å². The summed E-state index contributed by atoms with van der Waals surface area (Å²) >= 11 is 10.7. The Morgan fingerprint density at radius 3 is 2.89 bits per heavy atom. The third-order valence-electron chi connectivity index (χ3n) is 3.94. The van der Waals surface area contributed by atoms with Crippen molar-refractivity contribution in [3.05, 3.63) is 53.3 Å². The van der Waals surface area contributed by atoms with Gasteiger partial charge >= 0.3 is 0 Å². The van der Waals surface area contributed by atoms with Crippen LogP contribution in [0.5, 0.6) is 5.75 Å². The van der Waals surface area contributed by atoms with Gasteiger partial charge in [0.05, 0.1) is 24.4 Å². The van der Waals surface area contributed by atoms with Gasteiger partial charge < -0.3 is 25.4 Å². The lowest BCUT2D eigenvalue weighted by Gasteiger charge is -2.33. The number of anilines is 1. The zero-order valence-corrected chi connectivity index (χ0v) is 16.0. The molecule has 0 spiro atoms. The number of nitrogens with zero attached hydrogens (tertiary/aromatic N) is 2. The number of pyridine rings is 1. The van der Waals surface area contributed by atoms with E-state index in [4.69, 9.17) is 39.0 Å². The Kier molecular flexibility index (Phi) is 6.44. The maximum absolute atomic E-state index is 12.7. The monoisotopic (exact) mass is 406 g/mol. The third kappa shape index (κ3) is 5.53. The second-order valence-corrected chi connectivity index (χ2v) is 6.84. The molecule has 0 aliphatic carbocycles. The molecule has 1 unspecified atom stereocenters. The van der Waals surface area contributed by atoms with Gasteiger partial charge in [0.15, 0.2) is 5.11 Å². The van der Waals surface area contributed by atoms with Crippen molar-refractivity contribution in [3.63, 3.8) is 0 Å². The topological polar surface area (TPSA) is 89.7 Å². The Bertz CT molecular complexity index is 819. The Hall–Kier alpha value is -2.42. The molecule has 27 heavy (non-hydrogen) atoms. The molecule has 0 saturated carbocycles. The van der Waals surface area contributed by atoms with Crippen LogP contribution in [0.4, 0.5) is 5.69 Å². The number of rotatable bonds is 5. The van der Waals surface area contributed by atoms with E-state index in [1.54, 1.807) is 41.4 Å². The number of nitrogens with two attached hydrogens (primary N) is 1. The molecule has 1 fully saturated rings. The first-order valence-electron chi connectivity index (χ1n) is 8.32. The number of benzene rings is 1. The first-order valence-corrected chi connectivity index (χ1v) is 9.10. The first-order chi connectivity index (χ1) is 13.0. The Morgan fingerprint density at radius 2 is 2.19 bits per heavy atom. The fourth-order valence-corrected chi connectivity index (χ4v) is 2.97. The van der Waals surface area contributed by atoms with Crippen molar-refractivity contribution in [2.24, 2.45) is 5.73 Å². The maximum Gasteiger partial charge on any atom is 0.254 e. The Morgan fingerprint density at radius 1 is 1.41 bits per heavy atom. The lowest BCUT2D eigenvalue weighted by atomic mass is 10.1. The summed E-state index contributed by atoms with van der Waals surface area (Å²) in [6.45, 7) is 1.73. The minimum absolute atomic E-state index is 0.0606. The number of carbonyl (C=O) groups excluding carboxylic acids is 1. The first kappa shape index (κ1) is 19.3. The Balaban J connectivity index is 1.56. The van der Waals surface area contributed by atoms with Gasteiger partial charge in [-0.25, -0.2) is 0 Å². The highest BCUT2D eigenvalue weighted by Gasteiger charge is 2.25. The summed E-state index contributed by atoms with van der Waals surface area (Å²) in [7, 11) is 0. The highest BCUT2D eigenvalue weighted by Crippen LogP contribution is 2.17. The SMILES string of the molecule is NC(=S)Nc1ccc(C(=O)N2CCOC(COc3cncc(Cl)c3)C2)cc1. The number of carbonyl (C=O) groups is 1. The molecule has 142 valence electrons. The van der Waals surface area contributed by atoms with Gasteiger partial charge in [0.1, 0.15) is 18.5 Å². The van der Waals surface area contributed by atoms with Crippen molar-refractivity contribution in [2.45, 2.75) is 6.10 Å². The molecule has 1 saturated heterocycles. The molecule has 1 amide bonds. The number of ether oxygens (including phenoxy) is 2. The van der Waals surface area contributed by atoms with Crippen LogP contribution in [0.25, 0.3) is 0 Å². The quantitative estimate of drug-likeness (QED) is 0.736. The Labute approximate surface area is 167 Å². The van der Waals surface area contributed by atoms with Crippen LogP contribution in [-0.4, -0.2) is 53.3 Å². The van der Waals surface area contributed by atoms with E-state index in [1.165, 1.54) is 6.20 Å². The van der Waals surface area contributed by atoms with Crippen LogP contribution in [0.15, 0.2) is 42.7 Å². The van der Waals surface area contributed by atoms with Crippen LogP contribution in [-0.2, 0) is 4.74 Å². The standard InChI is InChI=1S/C18H19ClN4O3S/c19-13-7-15(9-21-8-13)26-11-16-10-23(5-6-25-16)17(24)12-1-3-14(4-2-12)22-18(20)27/h1-4,7-9,16H,5-6,10-11H2,(H3,20,22,27). The molecule has 2 heterocycles. The van der Waals surface area contributed by atoms with Gasteiger partial charge in [0.2, 0.25) is 0 Å². The molecule has 1 aliphatic rings. The summed E-state index contributed by atoms with van der Waals surface area (Å²) in [6, 6.07) is 8.69. The van der Waals surface area contributed by atoms with Gasteiger partial charge in [-0.2, -0.15) is 0 Å². The summed E-state index contributed by atoms with van der Waals surface area (Å²) in [5, 5.41) is 3.51. The van der Waals surface area contributed by atoms with Crippen LogP contribution in [0, 0.1) is 0 Å². The van der Waals surface area contributed by atoms with Gasteiger partial charge in [-0.1, -0.05) is 11.6 Å². The summed E-state index contributed by atoms with van der Waals surface area (Å²) in [5.41, 5.74) is 6.77. The molecule has 7 nitrogen and oxygen atoms in total. The maximum atomic E-state index is 12.7. The number of aromatic nitrogens is 1. The van der Waals surface area contributed by atoms with E-state index in [0.29, 0.717) is 42.6 Å². The molecule has 1 atom stereocenters. The van der Waals surface area contributed by atoms with E-state index in [-0.39, 0.29) is 17.1 Å². The number of amides is 1. The van der Waals surface area contributed by atoms with Crippen molar-refractivity contribution < 1.29 is 14.3 Å². The smallest absolute Gasteiger partial charge is 0.254 e. The van der Waals surface area contributed by atoms with E-state index in [1.807, 2.05) is 0 Å². The van der Waals surface area contributed by atoms with E-state index in [2.05, 4.69) is 10.3 Å². The number of hydrogen-bond acceptors (Lipinski definition) is 5. The van der Waals surface area contributed by atoms with Crippen LogP contribution >= 0.6 is 23.8 Å². The summed E-state index contributed by atoms with van der Waals surface area (Å²) in [6.07, 6.45) is 2.89. The van der Waals surface area contributed by atoms with Gasteiger partial charge in [-0.05, 0) is 36.5 Å². The van der Waals surface area contributed by atoms with Gasteiger partial charge in [0, 0.05) is 30.1 Å². The molecule has 2 aromatic rings. The summed E-state index contributed by atoms with van der Waals surface area (Å²) in [5.74, 6) is 0.505. The van der Waals surface area contributed by atoms with Crippen molar-refractivity contribution in [1.82, 2.24) is 9.88 Å². The van der Waals surface area contributed by atoms with Crippen molar-refractivity contribution in [3.8, 4) is 5.75 Å². The molecule has 0 bridgehead atoms. The average molecular weight is 407 g/mol. The number of thiocarbonyl (C=S) groups is 1.